The van der Waals surface area contributed by atoms with Gasteiger partial charge in [0.05, 0.1) is 24.0 Å². The number of hydrogen-bond acceptors (Lipinski definition) is 6. The highest BCUT2D eigenvalue weighted by molar-refractivity contribution is 6.04. The molecule has 1 aliphatic heterocycles. The molecule has 0 aliphatic carbocycles. The second-order valence-corrected chi connectivity index (χ2v) is 7.36. The zero-order valence-corrected chi connectivity index (χ0v) is 17.8. The number of aromatic nitrogens is 1. The van der Waals surface area contributed by atoms with Crippen molar-refractivity contribution in [1.82, 2.24) is 4.98 Å². The maximum Gasteiger partial charge on any atom is 0.335 e. The number of carbonyl (C=O) groups excluding carboxylic acids is 1. The van der Waals surface area contributed by atoms with E-state index in [2.05, 4.69) is 17.1 Å². The van der Waals surface area contributed by atoms with Gasteiger partial charge in [-0.1, -0.05) is 19.8 Å². The summed E-state index contributed by atoms with van der Waals surface area (Å²) >= 11 is 0. The SMILES string of the molecule is CCCCCN1c2nc(Nc3ccc(C(=O)O)cc3OC)ccc2N(C)C(=O)[C@H]1C. The number of methoxy groups -OCH3 is 1. The van der Waals surface area contributed by atoms with Crippen molar-refractivity contribution >= 4 is 34.9 Å². The van der Waals surface area contributed by atoms with E-state index in [-0.39, 0.29) is 17.5 Å². The lowest BCUT2D eigenvalue weighted by atomic mass is 10.1. The number of nitrogens with one attached hydrogen (secondary N) is 1. The second-order valence-electron chi connectivity index (χ2n) is 7.36. The van der Waals surface area contributed by atoms with Crippen LogP contribution in [0.25, 0.3) is 0 Å². The average Bonchev–Trinajstić information content (AvgIpc) is 2.74. The highest BCUT2D eigenvalue weighted by atomic mass is 16.5. The number of carboxylic acid groups (broad SMARTS) is 1. The van der Waals surface area contributed by atoms with E-state index in [4.69, 9.17) is 9.72 Å². The van der Waals surface area contributed by atoms with Crippen LogP contribution in [0.3, 0.4) is 0 Å². The summed E-state index contributed by atoms with van der Waals surface area (Å²) in [5.41, 5.74) is 1.53. The molecule has 1 aliphatic rings. The van der Waals surface area contributed by atoms with Crippen LogP contribution in [0.15, 0.2) is 30.3 Å². The average molecular weight is 412 g/mol. The molecule has 0 saturated heterocycles. The number of carbonyl (C=O) groups is 2. The van der Waals surface area contributed by atoms with E-state index in [1.54, 1.807) is 24.1 Å². The lowest BCUT2D eigenvalue weighted by molar-refractivity contribution is -0.119. The van der Waals surface area contributed by atoms with Gasteiger partial charge < -0.3 is 25.0 Å². The van der Waals surface area contributed by atoms with Crippen molar-refractivity contribution in [3.8, 4) is 5.75 Å². The Morgan fingerprint density at radius 3 is 2.70 bits per heavy atom. The van der Waals surface area contributed by atoms with Crippen LogP contribution in [0.5, 0.6) is 5.75 Å². The molecule has 0 bridgehead atoms. The standard InChI is InChI=1S/C22H28N4O4/c1-5-6-7-12-26-14(2)21(27)25(3)17-10-11-19(24-20(17)26)23-16-9-8-15(22(28)29)13-18(16)30-4/h8-11,13-14H,5-7,12H2,1-4H3,(H,23,24)(H,28,29)/t14-/m1/s1. The Morgan fingerprint density at radius 2 is 2.03 bits per heavy atom. The maximum absolute atomic E-state index is 12.7. The quantitative estimate of drug-likeness (QED) is 0.635. The molecule has 0 spiro atoms. The number of aromatic carboxylic acids is 1. The third kappa shape index (κ3) is 4.17. The first-order chi connectivity index (χ1) is 14.4. The number of pyridine rings is 1. The summed E-state index contributed by atoms with van der Waals surface area (Å²) in [6, 6.07) is 8.02. The number of likely N-dealkylation sites (N-methyl/N-ethyl adjacent to an activating group) is 1. The lowest BCUT2D eigenvalue weighted by Gasteiger charge is -2.39. The van der Waals surface area contributed by atoms with E-state index in [9.17, 15) is 14.7 Å². The fourth-order valence-electron chi connectivity index (χ4n) is 3.60. The number of amides is 1. The number of benzene rings is 1. The van der Waals surface area contributed by atoms with Gasteiger partial charge in [-0.2, -0.15) is 0 Å². The smallest absolute Gasteiger partial charge is 0.335 e. The number of carboxylic acids is 1. The summed E-state index contributed by atoms with van der Waals surface area (Å²) in [7, 11) is 3.26. The monoisotopic (exact) mass is 412 g/mol. The number of rotatable bonds is 8. The summed E-state index contributed by atoms with van der Waals surface area (Å²) in [6.45, 7) is 4.81. The van der Waals surface area contributed by atoms with Crippen LogP contribution < -0.4 is 19.9 Å². The number of nitrogens with zero attached hydrogens (tertiary/aromatic N) is 3. The third-order valence-corrected chi connectivity index (χ3v) is 5.36. The molecule has 0 radical (unpaired) electrons. The van der Waals surface area contributed by atoms with Crippen molar-refractivity contribution in [2.24, 2.45) is 0 Å². The molecule has 160 valence electrons. The normalized spacial score (nSPS) is 15.7. The van der Waals surface area contributed by atoms with Crippen LogP contribution in [0.4, 0.5) is 23.0 Å². The number of unbranched alkanes of at least 4 members (excludes halogenated alkanes) is 2. The van der Waals surface area contributed by atoms with Crippen molar-refractivity contribution in [2.75, 3.05) is 35.8 Å². The molecular formula is C22H28N4O4. The van der Waals surface area contributed by atoms with E-state index in [1.165, 1.54) is 19.2 Å². The van der Waals surface area contributed by atoms with Crippen molar-refractivity contribution < 1.29 is 19.4 Å². The number of hydrogen-bond donors (Lipinski definition) is 2. The predicted molar refractivity (Wildman–Crippen MR) is 117 cm³/mol. The van der Waals surface area contributed by atoms with Gasteiger partial charge in [0.1, 0.15) is 17.6 Å². The Balaban J connectivity index is 1.94. The fourth-order valence-corrected chi connectivity index (χ4v) is 3.60. The Kier molecular flexibility index (Phi) is 6.44. The van der Waals surface area contributed by atoms with Crippen molar-refractivity contribution in [2.45, 2.75) is 39.2 Å². The molecule has 1 aromatic heterocycles. The Morgan fingerprint density at radius 1 is 1.27 bits per heavy atom. The van der Waals surface area contributed by atoms with E-state index in [0.717, 1.165) is 37.3 Å². The van der Waals surface area contributed by atoms with Gasteiger partial charge in [-0.15, -0.1) is 0 Å². The first kappa shape index (κ1) is 21.4. The van der Waals surface area contributed by atoms with Crippen molar-refractivity contribution in [3.05, 3.63) is 35.9 Å². The van der Waals surface area contributed by atoms with Crippen LogP contribution in [0.2, 0.25) is 0 Å². The zero-order valence-electron chi connectivity index (χ0n) is 17.8. The maximum atomic E-state index is 12.7. The second kappa shape index (κ2) is 9.02. The minimum atomic E-state index is -1.02. The summed E-state index contributed by atoms with van der Waals surface area (Å²) in [5, 5.41) is 12.4. The molecule has 8 nitrogen and oxygen atoms in total. The van der Waals surface area contributed by atoms with Crippen LogP contribution in [0.1, 0.15) is 43.5 Å². The van der Waals surface area contributed by atoms with Gasteiger partial charge in [0.25, 0.3) is 0 Å². The van der Waals surface area contributed by atoms with Crippen molar-refractivity contribution in [1.29, 1.82) is 0 Å². The first-order valence-corrected chi connectivity index (χ1v) is 10.1. The molecule has 0 fully saturated rings. The molecule has 0 unspecified atom stereocenters. The Labute approximate surface area is 176 Å². The Hall–Kier alpha value is -3.29. The van der Waals surface area contributed by atoms with Crippen molar-refractivity contribution in [3.63, 3.8) is 0 Å². The minimum Gasteiger partial charge on any atom is -0.495 e. The number of fused-ring (bicyclic) bond motifs is 1. The fraction of sp³-hybridized carbons (Fsp3) is 0.409. The van der Waals surface area contributed by atoms with Crippen LogP contribution in [0, 0.1) is 0 Å². The summed E-state index contributed by atoms with van der Waals surface area (Å²) in [5.74, 6) is 0.788. The van der Waals surface area contributed by atoms with Gasteiger partial charge in [0.15, 0.2) is 5.82 Å². The number of anilines is 4. The van der Waals surface area contributed by atoms with E-state index < -0.39 is 5.97 Å². The van der Waals surface area contributed by atoms with Gasteiger partial charge in [-0.05, 0) is 43.7 Å². The predicted octanol–water partition coefficient (Wildman–Crippen LogP) is 3.89. The third-order valence-electron chi connectivity index (χ3n) is 5.36. The highest BCUT2D eigenvalue weighted by Gasteiger charge is 2.34. The molecule has 30 heavy (non-hydrogen) atoms. The largest absolute Gasteiger partial charge is 0.495 e. The molecule has 8 heteroatoms. The Bertz CT molecular complexity index is 947. The molecule has 2 aromatic rings. The van der Waals surface area contributed by atoms with Gasteiger partial charge in [-0.3, -0.25) is 4.79 Å². The zero-order chi connectivity index (χ0) is 21.8. The van der Waals surface area contributed by atoms with Gasteiger partial charge in [0, 0.05) is 13.6 Å². The molecule has 2 heterocycles. The number of ether oxygens (including phenoxy) is 1. The van der Waals surface area contributed by atoms with Crippen LogP contribution in [-0.2, 0) is 4.79 Å². The molecule has 0 saturated carbocycles. The molecule has 1 atom stereocenters. The van der Waals surface area contributed by atoms with Gasteiger partial charge in [-0.25, -0.2) is 9.78 Å². The molecule has 3 rings (SSSR count). The molecule has 2 N–H and O–H groups in total. The van der Waals surface area contributed by atoms with Gasteiger partial charge in [0.2, 0.25) is 5.91 Å². The van der Waals surface area contributed by atoms with Crippen LogP contribution in [-0.4, -0.2) is 48.7 Å². The summed E-state index contributed by atoms with van der Waals surface area (Å²) < 4.78 is 5.34. The summed E-state index contributed by atoms with van der Waals surface area (Å²) in [4.78, 5) is 32.4. The molecule has 1 aromatic carbocycles. The van der Waals surface area contributed by atoms with Crippen LogP contribution >= 0.6 is 0 Å². The first-order valence-electron chi connectivity index (χ1n) is 10.1. The van der Waals surface area contributed by atoms with E-state index in [0.29, 0.717) is 17.3 Å². The topological polar surface area (TPSA) is 95.0 Å². The lowest BCUT2D eigenvalue weighted by Crippen LogP contribution is -2.51. The van der Waals surface area contributed by atoms with E-state index >= 15 is 0 Å². The molecular weight excluding hydrogens is 384 g/mol. The van der Waals surface area contributed by atoms with Gasteiger partial charge >= 0.3 is 5.97 Å². The summed E-state index contributed by atoms with van der Waals surface area (Å²) in [6.07, 6.45) is 3.18. The molecule has 1 amide bonds. The highest BCUT2D eigenvalue weighted by Crippen LogP contribution is 2.36. The van der Waals surface area contributed by atoms with E-state index in [1.807, 2.05) is 13.0 Å². The minimum absolute atomic E-state index is 0.0486.